The van der Waals surface area contributed by atoms with Crippen molar-refractivity contribution in [1.29, 1.82) is 0 Å². The Morgan fingerprint density at radius 1 is 1.00 bits per heavy atom. The second-order valence-corrected chi connectivity index (χ2v) is 6.05. The molecule has 0 spiro atoms. The molecule has 0 aliphatic carbocycles. The second kappa shape index (κ2) is 6.67. The molecule has 0 bridgehead atoms. The van der Waals surface area contributed by atoms with Crippen molar-refractivity contribution in [2.75, 3.05) is 18.5 Å². The van der Waals surface area contributed by atoms with Crippen molar-refractivity contribution in [3.05, 3.63) is 54.1 Å². The first kappa shape index (κ1) is 16.1. The van der Waals surface area contributed by atoms with Gasteiger partial charge in [0.1, 0.15) is 0 Å². The molecule has 7 heteroatoms. The van der Waals surface area contributed by atoms with E-state index in [1.54, 1.807) is 48.5 Å². The summed E-state index contributed by atoms with van der Waals surface area (Å²) >= 11 is 0. The van der Waals surface area contributed by atoms with E-state index in [1.165, 1.54) is 14.2 Å². The molecule has 0 saturated heterocycles. The Labute approximate surface area is 130 Å². The molecule has 118 valence electrons. The molecule has 0 aliphatic heterocycles. The van der Waals surface area contributed by atoms with Crippen LogP contribution in [0.15, 0.2) is 48.5 Å². The van der Waals surface area contributed by atoms with Crippen LogP contribution in [0.4, 0.5) is 5.69 Å². The normalized spacial score (nSPS) is 11.0. The molecule has 0 aliphatic rings. The summed E-state index contributed by atoms with van der Waals surface area (Å²) in [6.45, 7) is 0.100. The Balaban J connectivity index is 2.36. The molecule has 0 atom stereocenters. The molecule has 22 heavy (non-hydrogen) atoms. The summed E-state index contributed by atoms with van der Waals surface area (Å²) in [5, 5.41) is 5.33. The quantitative estimate of drug-likeness (QED) is 0.881. The molecule has 0 saturated carbocycles. The van der Waals surface area contributed by atoms with Crippen LogP contribution in [0, 0.1) is 0 Å². The number of methoxy groups -OCH3 is 2. The van der Waals surface area contributed by atoms with Crippen molar-refractivity contribution in [3.8, 4) is 11.5 Å². The molecule has 0 fully saturated rings. The van der Waals surface area contributed by atoms with E-state index in [1.807, 2.05) is 0 Å². The fraction of sp³-hybridized carbons (Fsp3) is 0.200. The Bertz CT molecular complexity index is 732. The van der Waals surface area contributed by atoms with Crippen LogP contribution in [0.5, 0.6) is 11.5 Å². The van der Waals surface area contributed by atoms with Gasteiger partial charge in [-0.15, -0.1) is 0 Å². The summed E-state index contributed by atoms with van der Waals surface area (Å²) < 4.78 is 35.2. The Morgan fingerprint density at radius 2 is 1.64 bits per heavy atom. The topological polar surface area (TPSA) is 81.9 Å². The summed E-state index contributed by atoms with van der Waals surface area (Å²) in [4.78, 5) is 0. The summed E-state index contributed by atoms with van der Waals surface area (Å²) in [5.41, 5.74) is 1.23. The van der Waals surface area contributed by atoms with Crippen molar-refractivity contribution in [1.82, 2.24) is 0 Å². The van der Waals surface area contributed by atoms with E-state index in [2.05, 4.69) is 0 Å². The lowest BCUT2D eigenvalue weighted by atomic mass is 10.2. The predicted octanol–water partition coefficient (Wildman–Crippen LogP) is 1.91. The molecule has 0 unspecified atom stereocenters. The maximum Gasteiger partial charge on any atom is 0.299 e. The number of anilines is 1. The number of nitrogens with two attached hydrogens (primary N) is 1. The van der Waals surface area contributed by atoms with Gasteiger partial charge in [-0.05, 0) is 29.8 Å². The highest BCUT2D eigenvalue weighted by molar-refractivity contribution is 7.90. The van der Waals surface area contributed by atoms with Crippen LogP contribution in [0.2, 0.25) is 0 Å². The molecule has 2 aromatic rings. The van der Waals surface area contributed by atoms with E-state index in [-0.39, 0.29) is 6.54 Å². The minimum Gasteiger partial charge on any atom is -0.493 e. The molecular weight excluding hydrogens is 304 g/mol. The second-order valence-electron chi connectivity index (χ2n) is 4.58. The van der Waals surface area contributed by atoms with Gasteiger partial charge in [0.15, 0.2) is 11.5 Å². The van der Waals surface area contributed by atoms with Gasteiger partial charge in [0.05, 0.1) is 26.5 Å². The third-order valence-electron chi connectivity index (χ3n) is 3.13. The number of nitrogens with zero attached hydrogens (tertiary/aromatic N) is 1. The number of ether oxygens (including phenoxy) is 2. The first-order valence-corrected chi connectivity index (χ1v) is 8.02. The van der Waals surface area contributed by atoms with E-state index >= 15 is 0 Å². The lowest BCUT2D eigenvalue weighted by Crippen LogP contribution is -2.36. The van der Waals surface area contributed by atoms with Crippen LogP contribution in [0.1, 0.15) is 5.56 Å². The summed E-state index contributed by atoms with van der Waals surface area (Å²) in [7, 11) is -0.826. The van der Waals surface area contributed by atoms with Gasteiger partial charge in [-0.1, -0.05) is 24.3 Å². The van der Waals surface area contributed by atoms with Gasteiger partial charge in [0.2, 0.25) is 0 Å². The maximum atomic E-state index is 11.9. The largest absolute Gasteiger partial charge is 0.493 e. The van der Waals surface area contributed by atoms with E-state index in [0.29, 0.717) is 17.2 Å². The van der Waals surface area contributed by atoms with E-state index in [4.69, 9.17) is 14.6 Å². The fourth-order valence-electron chi connectivity index (χ4n) is 2.07. The molecule has 2 N–H and O–H groups in total. The van der Waals surface area contributed by atoms with Crippen LogP contribution >= 0.6 is 0 Å². The number of rotatable bonds is 6. The first-order chi connectivity index (χ1) is 10.5. The highest BCUT2D eigenvalue weighted by atomic mass is 32.2. The third kappa shape index (κ3) is 3.69. The predicted molar refractivity (Wildman–Crippen MR) is 85.3 cm³/mol. The molecule has 0 radical (unpaired) electrons. The SMILES string of the molecule is COc1ccc(CN(c2ccccc2)S(N)(=O)=O)cc1OC. The number of para-hydroxylation sites is 1. The lowest BCUT2D eigenvalue weighted by molar-refractivity contribution is 0.354. The van der Waals surface area contributed by atoms with Gasteiger partial charge in [0.25, 0.3) is 10.2 Å². The molecule has 2 aromatic carbocycles. The van der Waals surface area contributed by atoms with Gasteiger partial charge in [-0.25, -0.2) is 5.14 Å². The summed E-state index contributed by atoms with van der Waals surface area (Å²) in [5.74, 6) is 1.11. The summed E-state index contributed by atoms with van der Waals surface area (Å²) in [6, 6.07) is 13.9. The molecule has 2 rings (SSSR count). The molecule has 0 amide bonds. The van der Waals surface area contributed by atoms with Gasteiger partial charge >= 0.3 is 0 Å². The van der Waals surface area contributed by atoms with E-state index in [9.17, 15) is 8.42 Å². The number of benzene rings is 2. The zero-order valence-electron chi connectivity index (χ0n) is 12.4. The minimum absolute atomic E-state index is 0.100. The lowest BCUT2D eigenvalue weighted by Gasteiger charge is -2.22. The average Bonchev–Trinajstić information content (AvgIpc) is 2.52. The highest BCUT2D eigenvalue weighted by Gasteiger charge is 2.19. The van der Waals surface area contributed by atoms with Gasteiger partial charge < -0.3 is 9.47 Å². The monoisotopic (exact) mass is 322 g/mol. The minimum atomic E-state index is -3.89. The maximum absolute atomic E-state index is 11.9. The molecular formula is C15H18N2O4S. The van der Waals surface area contributed by atoms with Crippen molar-refractivity contribution in [2.24, 2.45) is 5.14 Å². The Hall–Kier alpha value is -2.25. The summed E-state index contributed by atoms with van der Waals surface area (Å²) in [6.07, 6.45) is 0. The Morgan fingerprint density at radius 3 is 2.18 bits per heavy atom. The van der Waals surface area contributed by atoms with E-state index < -0.39 is 10.2 Å². The van der Waals surface area contributed by atoms with Crippen LogP contribution in [-0.4, -0.2) is 22.6 Å². The van der Waals surface area contributed by atoms with Gasteiger partial charge in [-0.3, -0.25) is 4.31 Å². The van der Waals surface area contributed by atoms with Crippen LogP contribution < -0.4 is 18.9 Å². The average molecular weight is 322 g/mol. The standard InChI is InChI=1S/C15H18N2O4S/c1-20-14-9-8-12(10-15(14)21-2)11-17(22(16,18)19)13-6-4-3-5-7-13/h3-10H,11H2,1-2H3,(H2,16,18,19). The van der Waals surface area contributed by atoms with Gasteiger partial charge in [0, 0.05) is 0 Å². The van der Waals surface area contributed by atoms with Crippen LogP contribution in [0.3, 0.4) is 0 Å². The first-order valence-electron chi connectivity index (χ1n) is 6.52. The molecule has 0 aromatic heterocycles. The van der Waals surface area contributed by atoms with E-state index in [0.717, 1.165) is 9.87 Å². The smallest absolute Gasteiger partial charge is 0.299 e. The van der Waals surface area contributed by atoms with Crippen molar-refractivity contribution < 1.29 is 17.9 Å². The van der Waals surface area contributed by atoms with Crippen molar-refractivity contribution >= 4 is 15.9 Å². The fourth-order valence-corrected chi connectivity index (χ4v) is 2.81. The molecule has 0 heterocycles. The van der Waals surface area contributed by atoms with Crippen molar-refractivity contribution in [3.63, 3.8) is 0 Å². The zero-order valence-corrected chi connectivity index (χ0v) is 13.2. The zero-order chi connectivity index (χ0) is 16.2. The van der Waals surface area contributed by atoms with Crippen molar-refractivity contribution in [2.45, 2.75) is 6.54 Å². The highest BCUT2D eigenvalue weighted by Crippen LogP contribution is 2.29. The third-order valence-corrected chi connectivity index (χ3v) is 4.08. The number of hydrogen-bond donors (Lipinski definition) is 1. The van der Waals surface area contributed by atoms with Crippen LogP contribution in [-0.2, 0) is 16.8 Å². The van der Waals surface area contributed by atoms with Gasteiger partial charge in [-0.2, -0.15) is 8.42 Å². The van der Waals surface area contributed by atoms with Crippen LogP contribution in [0.25, 0.3) is 0 Å². The Kier molecular flexibility index (Phi) is 4.89. The number of hydrogen-bond acceptors (Lipinski definition) is 4. The molecule has 6 nitrogen and oxygen atoms in total.